The van der Waals surface area contributed by atoms with E-state index in [4.69, 9.17) is 16.0 Å². The molecule has 0 spiro atoms. The largest absolute Gasteiger partial charge is 0.507 e. The number of phenols is 1. The highest BCUT2D eigenvalue weighted by atomic mass is 35.5. The molecule has 0 radical (unpaired) electrons. The molecule has 1 aliphatic heterocycles. The van der Waals surface area contributed by atoms with Crippen molar-refractivity contribution in [2.75, 3.05) is 13.1 Å². The molecule has 0 saturated carbocycles. The normalized spacial score (nSPS) is 15.3. The summed E-state index contributed by atoms with van der Waals surface area (Å²) in [5, 5.41) is 10.5. The van der Waals surface area contributed by atoms with E-state index in [0.717, 1.165) is 30.8 Å². The minimum Gasteiger partial charge on any atom is -0.507 e. The van der Waals surface area contributed by atoms with Crippen LogP contribution in [0.4, 0.5) is 13.2 Å². The molecule has 1 saturated heterocycles. The molecule has 1 aliphatic rings. The maximum atomic E-state index is 13.8. The maximum Gasteiger partial charge on any atom is 0.450 e. The zero-order valence-electron chi connectivity index (χ0n) is 15.3. The van der Waals surface area contributed by atoms with Crippen LogP contribution in [0.25, 0.3) is 22.1 Å². The zero-order chi connectivity index (χ0) is 20.8. The number of quaternary nitrogens is 1. The average Bonchev–Trinajstić information content (AvgIpc) is 3.16. The third-order valence-corrected chi connectivity index (χ3v) is 5.48. The fraction of sp³-hybridized carbons (Fsp3) is 0.286. The lowest BCUT2D eigenvalue weighted by Crippen LogP contribution is -3.08. The summed E-state index contributed by atoms with van der Waals surface area (Å²) < 4.78 is 46.9. The summed E-state index contributed by atoms with van der Waals surface area (Å²) in [6.07, 6.45) is -2.87. The number of hydrogen-bond acceptors (Lipinski definition) is 3. The van der Waals surface area contributed by atoms with Crippen molar-refractivity contribution in [2.24, 2.45) is 0 Å². The third-order valence-electron chi connectivity index (χ3n) is 5.25. The average molecular weight is 425 g/mol. The van der Waals surface area contributed by atoms with Gasteiger partial charge in [-0.1, -0.05) is 23.7 Å². The maximum absolute atomic E-state index is 13.8. The highest BCUT2D eigenvalue weighted by Gasteiger charge is 2.40. The number of hydrogen-bond donors (Lipinski definition) is 2. The van der Waals surface area contributed by atoms with Crippen LogP contribution >= 0.6 is 11.6 Å². The van der Waals surface area contributed by atoms with E-state index in [-0.39, 0.29) is 32.9 Å². The molecule has 0 atom stereocenters. The molecule has 0 unspecified atom stereocenters. The van der Waals surface area contributed by atoms with Gasteiger partial charge in [0.2, 0.25) is 11.2 Å². The molecule has 4 nitrogen and oxygen atoms in total. The van der Waals surface area contributed by atoms with Gasteiger partial charge in [0.1, 0.15) is 12.3 Å². The lowest BCUT2D eigenvalue weighted by atomic mass is 10.00. The zero-order valence-corrected chi connectivity index (χ0v) is 16.0. The number of benzene rings is 2. The van der Waals surface area contributed by atoms with Gasteiger partial charge in [0, 0.05) is 17.9 Å². The molecule has 0 amide bonds. The van der Waals surface area contributed by atoms with Crippen molar-refractivity contribution in [1.82, 2.24) is 0 Å². The number of alkyl halides is 3. The molecule has 2 aromatic carbocycles. The smallest absolute Gasteiger partial charge is 0.450 e. The quantitative estimate of drug-likeness (QED) is 0.668. The van der Waals surface area contributed by atoms with Crippen molar-refractivity contribution in [3.05, 3.63) is 63.0 Å². The molecule has 8 heteroatoms. The molecule has 0 aliphatic carbocycles. The predicted molar refractivity (Wildman–Crippen MR) is 103 cm³/mol. The number of aromatic hydroxyl groups is 1. The number of nitrogens with one attached hydrogen (secondary N) is 1. The van der Waals surface area contributed by atoms with Gasteiger partial charge in [0.05, 0.1) is 29.6 Å². The van der Waals surface area contributed by atoms with Crippen LogP contribution in [0.5, 0.6) is 5.75 Å². The lowest BCUT2D eigenvalue weighted by Gasteiger charge is -2.17. The monoisotopic (exact) mass is 424 g/mol. The minimum absolute atomic E-state index is 0.000581. The third kappa shape index (κ3) is 3.72. The van der Waals surface area contributed by atoms with E-state index in [2.05, 4.69) is 0 Å². The van der Waals surface area contributed by atoms with Crippen LogP contribution in [0.3, 0.4) is 0 Å². The Kier molecular flexibility index (Phi) is 5.04. The molecule has 152 valence electrons. The summed E-state index contributed by atoms with van der Waals surface area (Å²) in [7, 11) is 0. The molecule has 3 aromatic rings. The first kappa shape index (κ1) is 19.8. The Morgan fingerprint density at radius 2 is 1.86 bits per heavy atom. The first-order valence-electron chi connectivity index (χ1n) is 9.24. The van der Waals surface area contributed by atoms with Gasteiger partial charge in [-0.15, -0.1) is 0 Å². The van der Waals surface area contributed by atoms with Crippen molar-refractivity contribution in [3.8, 4) is 16.9 Å². The van der Waals surface area contributed by atoms with Gasteiger partial charge in [-0.3, -0.25) is 4.79 Å². The molecule has 2 heterocycles. The molecule has 1 fully saturated rings. The van der Waals surface area contributed by atoms with E-state index in [1.165, 1.54) is 36.4 Å². The molecular weight excluding hydrogens is 407 g/mol. The fourth-order valence-corrected chi connectivity index (χ4v) is 4.07. The van der Waals surface area contributed by atoms with Gasteiger partial charge in [0.15, 0.2) is 5.58 Å². The van der Waals surface area contributed by atoms with E-state index in [1.54, 1.807) is 0 Å². The second-order valence-electron chi connectivity index (χ2n) is 7.22. The summed E-state index contributed by atoms with van der Waals surface area (Å²) in [5.41, 5.74) is -1.36. The first-order valence-corrected chi connectivity index (χ1v) is 9.62. The Bertz CT molecular complexity index is 1130. The van der Waals surface area contributed by atoms with Crippen LogP contribution in [-0.2, 0) is 12.7 Å². The molecule has 1 aromatic heterocycles. The highest BCUT2D eigenvalue weighted by molar-refractivity contribution is 6.30. The highest BCUT2D eigenvalue weighted by Crippen LogP contribution is 2.39. The summed E-state index contributed by atoms with van der Waals surface area (Å²) >= 11 is 5.92. The number of phenolic OH excluding ortho intramolecular Hbond substituents is 1. The number of rotatable bonds is 3. The molecular formula is C21H18ClF3NO3+. The van der Waals surface area contributed by atoms with Crippen LogP contribution < -0.4 is 10.3 Å². The molecule has 29 heavy (non-hydrogen) atoms. The Morgan fingerprint density at radius 3 is 2.52 bits per heavy atom. The van der Waals surface area contributed by atoms with Crippen LogP contribution in [0.1, 0.15) is 24.2 Å². The number of fused-ring (bicyclic) bond motifs is 1. The van der Waals surface area contributed by atoms with Crippen LogP contribution in [0.2, 0.25) is 5.02 Å². The van der Waals surface area contributed by atoms with E-state index in [0.29, 0.717) is 6.54 Å². The number of halogens is 4. The van der Waals surface area contributed by atoms with Crippen LogP contribution in [0, 0.1) is 0 Å². The molecule has 2 N–H and O–H groups in total. The minimum atomic E-state index is -4.89. The van der Waals surface area contributed by atoms with E-state index >= 15 is 0 Å². The van der Waals surface area contributed by atoms with Gasteiger partial charge >= 0.3 is 6.18 Å². The first-order chi connectivity index (χ1) is 13.8. The van der Waals surface area contributed by atoms with Gasteiger partial charge < -0.3 is 14.4 Å². The Labute approximate surface area is 169 Å². The van der Waals surface area contributed by atoms with Crippen molar-refractivity contribution >= 4 is 22.6 Å². The number of likely N-dealkylation sites (tertiary alicyclic amines) is 1. The van der Waals surface area contributed by atoms with Gasteiger partial charge in [0.25, 0.3) is 0 Å². The van der Waals surface area contributed by atoms with Crippen LogP contribution in [0.15, 0.2) is 45.6 Å². The molecule has 0 bridgehead atoms. The topological polar surface area (TPSA) is 54.9 Å². The lowest BCUT2D eigenvalue weighted by molar-refractivity contribution is -0.901. The van der Waals surface area contributed by atoms with Crippen molar-refractivity contribution < 1.29 is 27.6 Å². The summed E-state index contributed by atoms with van der Waals surface area (Å²) in [5.74, 6) is -1.57. The standard InChI is InChI=1S/C21H17ClF3NO3/c22-13-5-3-4-12(10-13)17-18(28)14-6-7-16(27)15(11-26-8-1-2-9-26)19(14)29-20(17)21(23,24)25/h3-7,10,27H,1-2,8-9,11H2/p+1. The van der Waals surface area contributed by atoms with Gasteiger partial charge in [-0.2, -0.15) is 13.2 Å². The Hall–Kier alpha value is -2.51. The fourth-order valence-electron chi connectivity index (χ4n) is 3.88. The van der Waals surface area contributed by atoms with Gasteiger partial charge in [-0.05, 0) is 29.8 Å². The van der Waals surface area contributed by atoms with E-state index in [9.17, 15) is 23.1 Å². The van der Waals surface area contributed by atoms with Crippen molar-refractivity contribution in [1.29, 1.82) is 0 Å². The Balaban J connectivity index is 2.01. The van der Waals surface area contributed by atoms with Crippen LogP contribution in [-0.4, -0.2) is 18.2 Å². The second-order valence-corrected chi connectivity index (χ2v) is 7.65. The summed E-state index contributed by atoms with van der Waals surface area (Å²) in [6.45, 7) is 2.00. The predicted octanol–water partition coefficient (Wildman–Crippen LogP) is 4.02. The van der Waals surface area contributed by atoms with Crippen molar-refractivity contribution in [3.63, 3.8) is 0 Å². The van der Waals surface area contributed by atoms with Gasteiger partial charge in [-0.25, -0.2) is 0 Å². The van der Waals surface area contributed by atoms with E-state index in [1.807, 2.05) is 0 Å². The van der Waals surface area contributed by atoms with E-state index < -0.39 is 22.9 Å². The molecule has 4 rings (SSSR count). The van der Waals surface area contributed by atoms with Crippen molar-refractivity contribution in [2.45, 2.75) is 25.6 Å². The summed E-state index contributed by atoms with van der Waals surface area (Å²) in [6, 6.07) is 8.29. The SMILES string of the molecule is O=c1c(-c2cccc(Cl)c2)c(C(F)(F)F)oc2c(C[NH+]3CCCC3)c(O)ccc12. The summed E-state index contributed by atoms with van der Waals surface area (Å²) in [4.78, 5) is 14.2. The Morgan fingerprint density at radius 1 is 1.14 bits per heavy atom. The second kappa shape index (κ2) is 7.39.